The topological polar surface area (TPSA) is 146 Å². The van der Waals surface area contributed by atoms with Gasteiger partial charge in [-0.2, -0.15) is 0 Å². The molecule has 3 aromatic rings. The van der Waals surface area contributed by atoms with Crippen molar-refractivity contribution in [3.63, 3.8) is 0 Å². The first-order valence-electron chi connectivity index (χ1n) is 11.1. The predicted octanol–water partition coefficient (Wildman–Crippen LogP) is 3.44. The number of carbonyl (C=O) groups is 4. The van der Waals surface area contributed by atoms with Crippen LogP contribution in [0.5, 0.6) is 5.75 Å². The van der Waals surface area contributed by atoms with Crippen molar-refractivity contribution in [1.29, 1.82) is 0 Å². The molecule has 3 N–H and O–H groups in total. The number of hydrogen-bond donors (Lipinski definition) is 3. The number of thioether (sulfide) groups is 1. The van der Waals surface area contributed by atoms with Gasteiger partial charge in [-0.25, -0.2) is 0 Å². The third-order valence-corrected chi connectivity index (χ3v) is 9.16. The molecule has 0 radical (unpaired) electrons. The summed E-state index contributed by atoms with van der Waals surface area (Å²) in [4.78, 5) is 65.5. The number of halogens is 2. The van der Waals surface area contributed by atoms with E-state index >= 15 is 0 Å². The number of benzene rings is 2. The number of aromatic amines is 1. The van der Waals surface area contributed by atoms with Crippen LogP contribution in [0.25, 0.3) is 0 Å². The number of carboxylic acid groups (broad SMARTS) is 1. The standard InChI is InChI=1S/C24H17Cl2N3O7S2/c25-13-6-3-11(7-14(13)26)27-15(30)9-36-12-4-1-10(2-5-12)17-18-20(37-21-19(17)38-24(35)28-21)23(34)29(22(18)33)8-16(31)32/h1-7,17-18,20H,8-9H2,(H,27,30)(H,28,35)(H,31,32)/t17-,18+,20-/m0/s1. The minimum atomic E-state index is -1.29. The Balaban J connectivity index is 1.34. The van der Waals surface area contributed by atoms with E-state index in [0.29, 0.717) is 36.9 Å². The van der Waals surface area contributed by atoms with Crippen LogP contribution in [-0.4, -0.2) is 57.1 Å². The van der Waals surface area contributed by atoms with Crippen LogP contribution in [0.1, 0.15) is 16.4 Å². The van der Waals surface area contributed by atoms with E-state index in [1.165, 1.54) is 6.07 Å². The van der Waals surface area contributed by atoms with Crippen LogP contribution in [0.4, 0.5) is 5.69 Å². The zero-order valence-corrected chi connectivity index (χ0v) is 22.2. The molecular weight excluding hydrogens is 577 g/mol. The highest BCUT2D eigenvalue weighted by atomic mass is 35.5. The molecular formula is C24H17Cl2N3O7S2. The second-order valence-electron chi connectivity index (χ2n) is 8.44. The van der Waals surface area contributed by atoms with Gasteiger partial charge in [0.15, 0.2) is 6.61 Å². The van der Waals surface area contributed by atoms with Crippen LogP contribution in [-0.2, 0) is 19.2 Å². The quantitative estimate of drug-likeness (QED) is 0.353. The Labute approximate surface area is 232 Å². The Kier molecular flexibility index (Phi) is 7.23. The lowest BCUT2D eigenvalue weighted by Crippen LogP contribution is -2.36. The maximum atomic E-state index is 13.2. The summed E-state index contributed by atoms with van der Waals surface area (Å²) in [5.41, 5.74) is 1.10. The zero-order chi connectivity index (χ0) is 27.1. The van der Waals surface area contributed by atoms with Gasteiger partial charge in [0.1, 0.15) is 17.5 Å². The van der Waals surface area contributed by atoms with Gasteiger partial charge in [-0.15, -0.1) is 0 Å². The van der Waals surface area contributed by atoms with Crippen LogP contribution < -0.4 is 14.9 Å². The van der Waals surface area contributed by atoms with E-state index in [9.17, 15) is 24.0 Å². The van der Waals surface area contributed by atoms with Gasteiger partial charge >= 0.3 is 10.8 Å². The number of likely N-dealkylation sites (tertiary alicyclic amines) is 1. The Morgan fingerprint density at radius 1 is 1.05 bits per heavy atom. The fraction of sp³-hybridized carbons (Fsp3) is 0.208. The summed E-state index contributed by atoms with van der Waals surface area (Å²) in [6, 6.07) is 11.3. The van der Waals surface area contributed by atoms with Crippen LogP contribution in [0.3, 0.4) is 0 Å². The number of ether oxygens (including phenoxy) is 1. The summed E-state index contributed by atoms with van der Waals surface area (Å²) in [6.07, 6.45) is 0. The van der Waals surface area contributed by atoms with Gasteiger partial charge in [0.25, 0.3) is 5.91 Å². The number of rotatable bonds is 7. The van der Waals surface area contributed by atoms with Crippen molar-refractivity contribution in [1.82, 2.24) is 9.88 Å². The van der Waals surface area contributed by atoms with Crippen molar-refractivity contribution in [3.05, 3.63) is 72.6 Å². The van der Waals surface area contributed by atoms with E-state index in [0.717, 1.165) is 28.0 Å². The number of hydrogen-bond acceptors (Lipinski definition) is 8. The summed E-state index contributed by atoms with van der Waals surface area (Å²) in [7, 11) is 0. The second kappa shape index (κ2) is 10.4. The fourth-order valence-corrected chi connectivity index (χ4v) is 7.25. The summed E-state index contributed by atoms with van der Waals surface area (Å²) < 4.78 is 5.57. The van der Waals surface area contributed by atoms with E-state index < -0.39 is 47.3 Å². The molecule has 0 saturated carbocycles. The van der Waals surface area contributed by atoms with Gasteiger partial charge in [-0.05, 0) is 35.9 Å². The van der Waals surface area contributed by atoms with Crippen molar-refractivity contribution in [2.75, 3.05) is 18.5 Å². The first-order valence-corrected chi connectivity index (χ1v) is 13.5. The molecule has 1 aromatic heterocycles. The minimum absolute atomic E-state index is 0.287. The van der Waals surface area contributed by atoms with Gasteiger partial charge in [-0.1, -0.05) is 58.4 Å². The number of imide groups is 1. The molecule has 0 bridgehead atoms. The van der Waals surface area contributed by atoms with Crippen LogP contribution in [0.2, 0.25) is 10.0 Å². The SMILES string of the molecule is O=C(O)CN1C(=O)[C@@H]2[C@H](c3ccc(OCC(=O)Nc4ccc(Cl)c(Cl)c4)cc3)c3sc(=O)[nH]c3S[C@@H]2C1=O. The van der Waals surface area contributed by atoms with Crippen molar-refractivity contribution in [2.24, 2.45) is 5.92 Å². The summed E-state index contributed by atoms with van der Waals surface area (Å²) in [5.74, 6) is -4.02. The zero-order valence-electron chi connectivity index (χ0n) is 19.1. The largest absolute Gasteiger partial charge is 0.484 e. The number of aliphatic carboxylic acids is 1. The first-order chi connectivity index (χ1) is 18.1. The van der Waals surface area contributed by atoms with Crippen molar-refractivity contribution in [3.8, 4) is 5.75 Å². The summed E-state index contributed by atoms with van der Waals surface area (Å²) in [6.45, 7) is -1.01. The van der Waals surface area contributed by atoms with Crippen molar-refractivity contribution < 1.29 is 29.0 Å². The molecule has 3 amide bonds. The maximum absolute atomic E-state index is 13.2. The summed E-state index contributed by atoms with van der Waals surface area (Å²) in [5, 5.41) is 12.1. The summed E-state index contributed by atoms with van der Waals surface area (Å²) >= 11 is 13.9. The number of carbonyl (C=O) groups excluding carboxylic acids is 3. The average Bonchev–Trinajstić information content (AvgIpc) is 3.35. The van der Waals surface area contributed by atoms with Crippen LogP contribution in [0, 0.1) is 5.92 Å². The molecule has 0 aliphatic carbocycles. The van der Waals surface area contributed by atoms with E-state index in [2.05, 4.69) is 10.3 Å². The number of fused-ring (bicyclic) bond motifs is 2. The number of aromatic nitrogens is 1. The lowest BCUT2D eigenvalue weighted by molar-refractivity contribution is -0.149. The Morgan fingerprint density at radius 3 is 2.47 bits per heavy atom. The normalized spacial score (nSPS) is 20.2. The molecule has 2 aliphatic heterocycles. The number of amides is 3. The number of nitrogens with zero attached hydrogens (tertiary/aromatic N) is 1. The number of anilines is 1. The second-order valence-corrected chi connectivity index (χ2v) is 11.4. The smallest absolute Gasteiger partial charge is 0.323 e. The first kappa shape index (κ1) is 26.3. The number of nitrogens with one attached hydrogen (secondary N) is 2. The number of thiazole rings is 1. The molecule has 3 atom stereocenters. The Morgan fingerprint density at radius 2 is 1.79 bits per heavy atom. The molecule has 2 aromatic carbocycles. The van der Waals surface area contributed by atoms with Gasteiger partial charge in [0.05, 0.1) is 21.0 Å². The number of H-pyrrole nitrogens is 1. The molecule has 1 fully saturated rings. The van der Waals surface area contributed by atoms with E-state index in [4.69, 9.17) is 33.0 Å². The van der Waals surface area contributed by atoms with Gasteiger partial charge < -0.3 is 20.1 Å². The highest BCUT2D eigenvalue weighted by Crippen LogP contribution is 2.52. The molecule has 0 spiro atoms. The highest BCUT2D eigenvalue weighted by Gasteiger charge is 2.56. The van der Waals surface area contributed by atoms with Gasteiger partial charge in [0.2, 0.25) is 11.8 Å². The molecule has 14 heteroatoms. The van der Waals surface area contributed by atoms with E-state index in [-0.39, 0.29) is 11.5 Å². The third kappa shape index (κ3) is 5.04. The molecule has 3 heterocycles. The maximum Gasteiger partial charge on any atom is 0.323 e. The lowest BCUT2D eigenvalue weighted by Gasteiger charge is -2.29. The monoisotopic (exact) mass is 593 g/mol. The molecule has 1 saturated heterocycles. The molecule has 10 nitrogen and oxygen atoms in total. The fourth-order valence-electron chi connectivity index (χ4n) is 4.42. The Hall–Kier alpha value is -3.32. The molecule has 2 aliphatic rings. The Bertz CT molecular complexity index is 1520. The molecule has 5 rings (SSSR count). The van der Waals surface area contributed by atoms with E-state index in [1.807, 2.05) is 0 Å². The predicted molar refractivity (Wildman–Crippen MR) is 141 cm³/mol. The van der Waals surface area contributed by atoms with Crippen molar-refractivity contribution in [2.45, 2.75) is 16.2 Å². The average molecular weight is 594 g/mol. The minimum Gasteiger partial charge on any atom is -0.484 e. The third-order valence-electron chi connectivity index (χ3n) is 6.02. The molecule has 196 valence electrons. The number of carboxylic acids is 1. The van der Waals surface area contributed by atoms with Gasteiger partial charge in [0, 0.05) is 16.5 Å². The van der Waals surface area contributed by atoms with Crippen LogP contribution in [0.15, 0.2) is 52.3 Å². The van der Waals surface area contributed by atoms with Crippen LogP contribution >= 0.6 is 46.3 Å². The van der Waals surface area contributed by atoms with E-state index in [1.54, 1.807) is 36.4 Å². The lowest BCUT2D eigenvalue weighted by atomic mass is 9.83. The molecule has 38 heavy (non-hydrogen) atoms. The van der Waals surface area contributed by atoms with Crippen molar-refractivity contribution >= 4 is 75.7 Å². The highest BCUT2D eigenvalue weighted by molar-refractivity contribution is 8.00. The van der Waals surface area contributed by atoms with Gasteiger partial charge in [-0.3, -0.25) is 28.9 Å². The molecule has 0 unspecified atom stereocenters.